The third-order valence-electron chi connectivity index (χ3n) is 5.59. The molecule has 0 aliphatic heterocycles. The molecule has 0 aliphatic rings. The number of pyridine rings is 2. The Morgan fingerprint density at radius 1 is 1.06 bits per heavy atom. The fourth-order valence-electron chi connectivity index (χ4n) is 3.78. The topological polar surface area (TPSA) is 63.9 Å². The number of benzene rings is 1. The van der Waals surface area contributed by atoms with Gasteiger partial charge in [0.15, 0.2) is 5.65 Å². The van der Waals surface area contributed by atoms with E-state index in [-0.39, 0.29) is 18.0 Å². The number of amides is 1. The Labute approximate surface area is 188 Å². The zero-order valence-electron chi connectivity index (χ0n) is 19.3. The Balaban J connectivity index is 1.85. The molecule has 32 heavy (non-hydrogen) atoms. The van der Waals surface area contributed by atoms with Crippen LogP contribution in [0.25, 0.3) is 22.3 Å². The van der Waals surface area contributed by atoms with Crippen LogP contribution in [-0.4, -0.2) is 36.6 Å². The van der Waals surface area contributed by atoms with E-state index in [2.05, 4.69) is 43.0 Å². The van der Waals surface area contributed by atoms with Gasteiger partial charge in [-0.1, -0.05) is 35.9 Å². The first-order valence-corrected chi connectivity index (χ1v) is 11.0. The fourth-order valence-corrected chi connectivity index (χ4v) is 3.78. The summed E-state index contributed by atoms with van der Waals surface area (Å²) in [5.41, 5.74) is 5.28. The molecule has 164 valence electrons. The van der Waals surface area contributed by atoms with Gasteiger partial charge in [0.05, 0.1) is 22.8 Å². The number of carbonyl (C=O) groups excluding carboxylic acids is 1. The molecule has 3 heterocycles. The number of hydrogen-bond donors (Lipinski definition) is 0. The fraction of sp³-hybridized carbons (Fsp3) is 0.308. The molecule has 0 saturated carbocycles. The van der Waals surface area contributed by atoms with Gasteiger partial charge in [-0.15, -0.1) is 0 Å². The Bertz CT molecular complexity index is 1230. The van der Waals surface area contributed by atoms with E-state index in [1.54, 1.807) is 18.6 Å². The van der Waals surface area contributed by atoms with Crippen molar-refractivity contribution in [3.63, 3.8) is 0 Å². The largest absolute Gasteiger partial charge is 0.332 e. The van der Waals surface area contributed by atoms with Crippen LogP contribution in [0.5, 0.6) is 0 Å². The van der Waals surface area contributed by atoms with Gasteiger partial charge in [-0.3, -0.25) is 9.78 Å². The lowest BCUT2D eigenvalue weighted by Gasteiger charge is -2.27. The Morgan fingerprint density at radius 2 is 1.81 bits per heavy atom. The highest BCUT2D eigenvalue weighted by Gasteiger charge is 2.24. The zero-order valence-corrected chi connectivity index (χ0v) is 19.3. The van der Waals surface area contributed by atoms with E-state index in [9.17, 15) is 4.79 Å². The van der Waals surface area contributed by atoms with Crippen molar-refractivity contribution in [1.29, 1.82) is 0 Å². The van der Waals surface area contributed by atoms with Gasteiger partial charge in [-0.2, -0.15) is 5.10 Å². The highest BCUT2D eigenvalue weighted by molar-refractivity contribution is 6.06. The number of nitrogens with zero attached hydrogens (tertiary/aromatic N) is 5. The van der Waals surface area contributed by atoms with E-state index >= 15 is 0 Å². The Kier molecular flexibility index (Phi) is 6.04. The van der Waals surface area contributed by atoms with Crippen LogP contribution in [0, 0.1) is 6.92 Å². The van der Waals surface area contributed by atoms with Gasteiger partial charge in [-0.05, 0) is 52.3 Å². The van der Waals surface area contributed by atoms with Gasteiger partial charge in [-0.25, -0.2) is 9.67 Å². The van der Waals surface area contributed by atoms with Crippen molar-refractivity contribution >= 4 is 16.9 Å². The molecule has 0 bridgehead atoms. The molecule has 1 aromatic carbocycles. The molecule has 0 saturated heterocycles. The molecule has 4 aromatic rings. The predicted molar refractivity (Wildman–Crippen MR) is 127 cm³/mol. The molecule has 4 rings (SSSR count). The van der Waals surface area contributed by atoms with Crippen LogP contribution in [-0.2, 0) is 6.54 Å². The second kappa shape index (κ2) is 8.91. The van der Waals surface area contributed by atoms with Gasteiger partial charge < -0.3 is 4.90 Å². The first-order chi connectivity index (χ1) is 15.3. The van der Waals surface area contributed by atoms with Crippen molar-refractivity contribution in [2.24, 2.45) is 0 Å². The monoisotopic (exact) mass is 427 g/mol. The van der Waals surface area contributed by atoms with Gasteiger partial charge in [0.2, 0.25) is 0 Å². The third-order valence-corrected chi connectivity index (χ3v) is 5.59. The molecule has 3 aromatic heterocycles. The van der Waals surface area contributed by atoms with Crippen LogP contribution in [0.3, 0.4) is 0 Å². The number of aryl methyl sites for hydroxylation is 1. The van der Waals surface area contributed by atoms with Crippen molar-refractivity contribution in [3.8, 4) is 11.3 Å². The molecule has 0 radical (unpaired) electrons. The third kappa shape index (κ3) is 4.26. The second-order valence-electron chi connectivity index (χ2n) is 8.73. The van der Waals surface area contributed by atoms with Crippen molar-refractivity contribution < 1.29 is 4.79 Å². The lowest BCUT2D eigenvalue weighted by atomic mass is 10.0. The lowest BCUT2D eigenvalue weighted by Crippen LogP contribution is -2.36. The summed E-state index contributed by atoms with van der Waals surface area (Å²) in [6, 6.07) is 14.2. The van der Waals surface area contributed by atoms with Crippen LogP contribution < -0.4 is 0 Å². The van der Waals surface area contributed by atoms with Crippen molar-refractivity contribution in [2.45, 2.75) is 53.2 Å². The molecule has 1 amide bonds. The minimum Gasteiger partial charge on any atom is -0.332 e. The summed E-state index contributed by atoms with van der Waals surface area (Å²) in [5, 5.41) is 5.32. The van der Waals surface area contributed by atoms with Gasteiger partial charge in [0, 0.05) is 36.6 Å². The lowest BCUT2D eigenvalue weighted by molar-refractivity contribution is 0.0692. The molecule has 0 atom stereocenters. The Hall–Kier alpha value is -3.54. The molecule has 6 nitrogen and oxygen atoms in total. The number of fused-ring (bicyclic) bond motifs is 1. The highest BCUT2D eigenvalue weighted by Crippen LogP contribution is 2.28. The molecule has 0 unspecified atom stereocenters. The number of carbonyl (C=O) groups is 1. The summed E-state index contributed by atoms with van der Waals surface area (Å²) in [5.74, 6) is -0.0343. The summed E-state index contributed by atoms with van der Waals surface area (Å²) < 4.78 is 1.88. The predicted octanol–water partition coefficient (Wildman–Crippen LogP) is 5.43. The summed E-state index contributed by atoms with van der Waals surface area (Å²) in [4.78, 5) is 24.8. The normalized spacial score (nSPS) is 11.5. The van der Waals surface area contributed by atoms with Crippen LogP contribution in [0.15, 0.2) is 61.1 Å². The van der Waals surface area contributed by atoms with Crippen molar-refractivity contribution in [2.75, 3.05) is 0 Å². The van der Waals surface area contributed by atoms with E-state index in [1.807, 2.05) is 53.8 Å². The average molecular weight is 428 g/mol. The smallest absolute Gasteiger partial charge is 0.255 e. The molecule has 0 N–H and O–H groups in total. The Morgan fingerprint density at radius 3 is 2.44 bits per heavy atom. The zero-order chi connectivity index (χ0) is 22.8. The first kappa shape index (κ1) is 21.7. The van der Waals surface area contributed by atoms with Crippen molar-refractivity contribution in [1.82, 2.24) is 24.6 Å². The summed E-state index contributed by atoms with van der Waals surface area (Å²) >= 11 is 0. The number of hydrogen-bond acceptors (Lipinski definition) is 4. The van der Waals surface area contributed by atoms with E-state index in [0.29, 0.717) is 12.1 Å². The van der Waals surface area contributed by atoms with Crippen molar-refractivity contribution in [3.05, 3.63) is 77.7 Å². The van der Waals surface area contributed by atoms with Crippen LogP contribution in [0.4, 0.5) is 0 Å². The molecular formula is C26H29N5O. The number of rotatable bonds is 6. The summed E-state index contributed by atoms with van der Waals surface area (Å²) in [7, 11) is 0. The van der Waals surface area contributed by atoms with Gasteiger partial charge in [0.25, 0.3) is 5.91 Å². The summed E-state index contributed by atoms with van der Waals surface area (Å²) in [6.07, 6.45) is 5.31. The van der Waals surface area contributed by atoms with E-state index in [4.69, 9.17) is 4.98 Å². The second-order valence-corrected chi connectivity index (χ2v) is 8.73. The van der Waals surface area contributed by atoms with Crippen LogP contribution >= 0.6 is 0 Å². The highest BCUT2D eigenvalue weighted by atomic mass is 16.2. The maximum Gasteiger partial charge on any atom is 0.255 e. The first-order valence-electron chi connectivity index (χ1n) is 11.0. The van der Waals surface area contributed by atoms with Gasteiger partial charge in [0.1, 0.15) is 0 Å². The summed E-state index contributed by atoms with van der Waals surface area (Å²) in [6.45, 7) is 10.7. The SMILES string of the molecule is Cc1ccc(-c2cc(C(=O)N(Cc3cccnc3)C(C)C)c3cnn(C(C)C)c3n2)cc1. The van der Waals surface area contributed by atoms with E-state index in [1.165, 1.54) is 5.56 Å². The minimum atomic E-state index is -0.0343. The van der Waals surface area contributed by atoms with Gasteiger partial charge >= 0.3 is 0 Å². The van der Waals surface area contributed by atoms with E-state index < -0.39 is 0 Å². The molecule has 0 spiro atoms. The van der Waals surface area contributed by atoms with Crippen LogP contribution in [0.2, 0.25) is 0 Å². The average Bonchev–Trinajstić information content (AvgIpc) is 3.22. The number of aromatic nitrogens is 4. The van der Waals surface area contributed by atoms with E-state index in [0.717, 1.165) is 27.9 Å². The molecule has 0 fully saturated rings. The maximum atomic E-state index is 13.9. The standard InChI is InChI=1S/C26H29N5O/c1-17(2)30(16-20-7-6-12-27-14-20)26(32)22-13-24(21-10-8-19(5)9-11-21)29-25-23(22)15-28-31(25)18(3)4/h6-15,17-18H,16H2,1-5H3. The van der Waals surface area contributed by atoms with Crippen LogP contribution in [0.1, 0.15) is 55.2 Å². The molecule has 6 heteroatoms. The molecule has 0 aliphatic carbocycles. The molecular weight excluding hydrogens is 398 g/mol. The quantitative estimate of drug-likeness (QED) is 0.411. The maximum absolute atomic E-state index is 13.9. The minimum absolute atomic E-state index is 0.0221.